The molecule has 0 unspecified atom stereocenters. The lowest BCUT2D eigenvalue weighted by molar-refractivity contribution is 0.410. The van der Waals surface area contributed by atoms with E-state index < -0.39 is 0 Å². The van der Waals surface area contributed by atoms with Gasteiger partial charge in [-0.2, -0.15) is 5.26 Å². The van der Waals surface area contributed by atoms with Crippen molar-refractivity contribution in [1.82, 2.24) is 9.97 Å². The average Bonchev–Trinajstić information content (AvgIpc) is 2.99. The van der Waals surface area contributed by atoms with Crippen molar-refractivity contribution < 1.29 is 4.42 Å². The van der Waals surface area contributed by atoms with E-state index >= 15 is 0 Å². The number of rotatable bonds is 2. The Morgan fingerprint density at radius 2 is 1.85 bits per heavy atom. The molecule has 134 valence electrons. The molecule has 0 amide bonds. The summed E-state index contributed by atoms with van der Waals surface area (Å²) in [5.74, 6) is 0. The third-order valence-electron chi connectivity index (χ3n) is 4.69. The highest BCUT2D eigenvalue weighted by molar-refractivity contribution is 6.05. The number of hydrogen-bond donors (Lipinski definition) is 0. The highest BCUT2D eigenvalue weighted by Gasteiger charge is 2.15. The third-order valence-corrected chi connectivity index (χ3v) is 4.69. The van der Waals surface area contributed by atoms with Crippen LogP contribution in [0.5, 0.6) is 0 Å². The molecule has 0 radical (unpaired) electrons. The fourth-order valence-electron chi connectivity index (χ4n) is 3.35. The summed E-state index contributed by atoms with van der Waals surface area (Å²) in [6, 6.07) is 11.8. The Bertz CT molecular complexity index is 1210. The van der Waals surface area contributed by atoms with E-state index in [2.05, 4.69) is 49.8 Å². The summed E-state index contributed by atoms with van der Waals surface area (Å²) in [5.41, 5.74) is 6.48. The van der Waals surface area contributed by atoms with Crippen LogP contribution in [0.3, 0.4) is 0 Å². The molecule has 0 fully saturated rings. The van der Waals surface area contributed by atoms with Crippen molar-refractivity contribution in [2.24, 2.45) is 5.41 Å². The number of pyridine rings is 2. The molecule has 0 atom stereocenters. The van der Waals surface area contributed by atoms with Crippen molar-refractivity contribution >= 4 is 22.1 Å². The molecule has 0 saturated heterocycles. The molecule has 1 aromatic carbocycles. The summed E-state index contributed by atoms with van der Waals surface area (Å²) in [5, 5.41) is 11.0. The number of hydrogen-bond acceptors (Lipinski definition) is 4. The Kier molecular flexibility index (Phi) is 3.96. The summed E-state index contributed by atoms with van der Waals surface area (Å²) < 4.78 is 5.81. The Balaban J connectivity index is 1.86. The molecule has 0 aliphatic heterocycles. The van der Waals surface area contributed by atoms with Crippen LogP contribution in [0.4, 0.5) is 0 Å². The van der Waals surface area contributed by atoms with E-state index in [-0.39, 0.29) is 5.41 Å². The van der Waals surface area contributed by atoms with Crippen LogP contribution < -0.4 is 0 Å². The number of nitrogens with zero attached hydrogens (tertiary/aromatic N) is 3. The van der Waals surface area contributed by atoms with Gasteiger partial charge in [-0.05, 0) is 60.2 Å². The number of fused-ring (bicyclic) bond motifs is 3. The zero-order chi connectivity index (χ0) is 19.2. The van der Waals surface area contributed by atoms with Crippen LogP contribution >= 0.6 is 0 Å². The second-order valence-corrected chi connectivity index (χ2v) is 8.23. The number of furan rings is 1. The number of benzene rings is 1. The molecular weight excluding hydrogens is 334 g/mol. The van der Waals surface area contributed by atoms with Crippen LogP contribution in [0, 0.1) is 23.7 Å². The molecule has 0 saturated carbocycles. The molecule has 3 heterocycles. The lowest BCUT2D eigenvalue weighted by atomic mass is 9.86. The predicted molar refractivity (Wildman–Crippen MR) is 107 cm³/mol. The van der Waals surface area contributed by atoms with Crippen LogP contribution in [0.2, 0.25) is 0 Å². The van der Waals surface area contributed by atoms with Gasteiger partial charge in [-0.15, -0.1) is 0 Å². The first-order valence-electron chi connectivity index (χ1n) is 9.02. The molecule has 0 aliphatic carbocycles. The fraction of sp³-hybridized carbons (Fsp3) is 0.261. The second kappa shape index (κ2) is 6.21. The average molecular weight is 355 g/mol. The summed E-state index contributed by atoms with van der Waals surface area (Å²) in [6.45, 7) is 8.83. The highest BCUT2D eigenvalue weighted by atomic mass is 16.3. The standard InChI is InChI=1S/C23H21N3O/c1-14-12-25-20(9-16(14)10-23(2,3)4)17-8-19-18-7-15(11-24)5-6-21(18)27-22(19)26-13-17/h5-9,12-13H,10H2,1-4H3. The summed E-state index contributed by atoms with van der Waals surface area (Å²) in [7, 11) is 0. The van der Waals surface area contributed by atoms with Gasteiger partial charge < -0.3 is 4.42 Å². The van der Waals surface area contributed by atoms with Gasteiger partial charge in [-0.25, -0.2) is 4.98 Å². The molecule has 27 heavy (non-hydrogen) atoms. The minimum Gasteiger partial charge on any atom is -0.438 e. The first kappa shape index (κ1) is 17.2. The first-order chi connectivity index (χ1) is 12.8. The lowest BCUT2D eigenvalue weighted by Gasteiger charge is -2.20. The van der Waals surface area contributed by atoms with E-state index in [1.807, 2.05) is 24.4 Å². The highest BCUT2D eigenvalue weighted by Crippen LogP contribution is 2.32. The van der Waals surface area contributed by atoms with E-state index in [4.69, 9.17) is 4.42 Å². The minimum atomic E-state index is 0.208. The maximum atomic E-state index is 9.18. The summed E-state index contributed by atoms with van der Waals surface area (Å²) in [6.07, 6.45) is 4.72. The van der Waals surface area contributed by atoms with E-state index in [1.54, 1.807) is 12.3 Å². The van der Waals surface area contributed by atoms with Crippen LogP contribution in [-0.2, 0) is 6.42 Å². The van der Waals surface area contributed by atoms with Gasteiger partial charge >= 0.3 is 0 Å². The SMILES string of the molecule is Cc1cnc(-c2cnc3oc4ccc(C#N)cc4c3c2)cc1CC(C)(C)C. The molecule has 0 aliphatic rings. The van der Waals surface area contributed by atoms with Crippen LogP contribution in [0.15, 0.2) is 47.1 Å². The Morgan fingerprint density at radius 3 is 2.59 bits per heavy atom. The zero-order valence-corrected chi connectivity index (χ0v) is 16.0. The second-order valence-electron chi connectivity index (χ2n) is 8.23. The van der Waals surface area contributed by atoms with Gasteiger partial charge in [0.1, 0.15) is 5.58 Å². The quantitative estimate of drug-likeness (QED) is 0.455. The molecule has 4 nitrogen and oxygen atoms in total. The monoisotopic (exact) mass is 355 g/mol. The molecule has 4 aromatic rings. The van der Waals surface area contributed by atoms with Crippen molar-refractivity contribution in [2.45, 2.75) is 34.1 Å². The molecular formula is C23H21N3O. The van der Waals surface area contributed by atoms with Crippen molar-refractivity contribution in [3.63, 3.8) is 0 Å². The van der Waals surface area contributed by atoms with Crippen molar-refractivity contribution in [3.8, 4) is 17.3 Å². The van der Waals surface area contributed by atoms with Crippen LogP contribution in [-0.4, -0.2) is 9.97 Å². The lowest BCUT2D eigenvalue weighted by Crippen LogP contribution is -2.10. The molecule has 0 N–H and O–H groups in total. The summed E-state index contributed by atoms with van der Waals surface area (Å²) in [4.78, 5) is 9.11. The van der Waals surface area contributed by atoms with E-state index in [9.17, 15) is 5.26 Å². The van der Waals surface area contributed by atoms with E-state index in [0.717, 1.165) is 34.0 Å². The largest absolute Gasteiger partial charge is 0.438 e. The number of nitriles is 1. The fourth-order valence-corrected chi connectivity index (χ4v) is 3.35. The molecule has 4 heteroatoms. The van der Waals surface area contributed by atoms with Crippen LogP contribution in [0.1, 0.15) is 37.5 Å². The normalized spacial score (nSPS) is 11.8. The van der Waals surface area contributed by atoms with Gasteiger partial charge in [0.15, 0.2) is 0 Å². The number of aryl methyl sites for hydroxylation is 1. The van der Waals surface area contributed by atoms with Gasteiger partial charge in [0.2, 0.25) is 5.71 Å². The van der Waals surface area contributed by atoms with E-state index in [0.29, 0.717) is 11.3 Å². The Labute approximate surface area is 158 Å². The molecule has 4 rings (SSSR count). The maximum absolute atomic E-state index is 9.18. The Morgan fingerprint density at radius 1 is 1.04 bits per heavy atom. The van der Waals surface area contributed by atoms with Crippen molar-refractivity contribution in [1.29, 1.82) is 5.26 Å². The smallest absolute Gasteiger partial charge is 0.227 e. The topological polar surface area (TPSA) is 62.7 Å². The van der Waals surface area contributed by atoms with Crippen molar-refractivity contribution in [3.05, 3.63) is 59.4 Å². The molecule has 3 aromatic heterocycles. The zero-order valence-electron chi connectivity index (χ0n) is 16.0. The minimum absolute atomic E-state index is 0.208. The van der Waals surface area contributed by atoms with Crippen molar-refractivity contribution in [2.75, 3.05) is 0 Å². The van der Waals surface area contributed by atoms with Gasteiger partial charge in [-0.1, -0.05) is 20.8 Å². The van der Waals surface area contributed by atoms with Gasteiger partial charge in [-0.3, -0.25) is 4.98 Å². The summed E-state index contributed by atoms with van der Waals surface area (Å²) >= 11 is 0. The Hall–Kier alpha value is -3.19. The van der Waals surface area contributed by atoms with Gasteiger partial charge in [0.25, 0.3) is 0 Å². The molecule has 0 bridgehead atoms. The van der Waals surface area contributed by atoms with Crippen LogP contribution in [0.25, 0.3) is 33.3 Å². The van der Waals surface area contributed by atoms with E-state index in [1.165, 1.54) is 11.1 Å². The third kappa shape index (κ3) is 3.29. The van der Waals surface area contributed by atoms with Gasteiger partial charge in [0.05, 0.1) is 17.3 Å². The molecule has 0 spiro atoms. The predicted octanol–water partition coefficient (Wildman–Crippen LogP) is 5.81. The van der Waals surface area contributed by atoms with Gasteiger partial charge in [0, 0.05) is 28.7 Å². The maximum Gasteiger partial charge on any atom is 0.227 e. The first-order valence-corrected chi connectivity index (χ1v) is 9.02. The number of aromatic nitrogens is 2.